The Morgan fingerprint density at radius 3 is 2.65 bits per heavy atom. The Labute approximate surface area is 213 Å². The van der Waals surface area contributed by atoms with E-state index in [4.69, 9.17) is 4.84 Å². The number of thiophene rings is 1. The van der Waals surface area contributed by atoms with Crippen molar-refractivity contribution in [1.29, 1.82) is 0 Å². The molecular weight excluding hydrogens is 507 g/mol. The van der Waals surface area contributed by atoms with Gasteiger partial charge >= 0.3 is 6.18 Å². The summed E-state index contributed by atoms with van der Waals surface area (Å²) >= 11 is 1.30. The van der Waals surface area contributed by atoms with Crippen LogP contribution in [0.1, 0.15) is 45.0 Å². The Kier molecular flexibility index (Phi) is 6.36. The van der Waals surface area contributed by atoms with Crippen LogP contribution in [0, 0.1) is 0 Å². The molecule has 0 bridgehead atoms. The van der Waals surface area contributed by atoms with E-state index in [0.717, 1.165) is 27.1 Å². The van der Waals surface area contributed by atoms with Gasteiger partial charge in [0, 0.05) is 24.5 Å². The van der Waals surface area contributed by atoms with Gasteiger partial charge in [0.1, 0.15) is 11.9 Å². The van der Waals surface area contributed by atoms with Gasteiger partial charge in [0.2, 0.25) is 5.95 Å². The summed E-state index contributed by atoms with van der Waals surface area (Å²) in [6, 6.07) is 9.81. The first-order valence-electron chi connectivity index (χ1n) is 11.4. The zero-order chi connectivity index (χ0) is 26.3. The predicted molar refractivity (Wildman–Crippen MR) is 133 cm³/mol. The highest BCUT2D eigenvalue weighted by Crippen LogP contribution is 2.31. The van der Waals surface area contributed by atoms with Crippen molar-refractivity contribution in [2.75, 3.05) is 19.0 Å². The molecule has 1 aromatic carbocycles. The molecule has 8 nitrogen and oxygen atoms in total. The molecule has 1 aliphatic rings. The van der Waals surface area contributed by atoms with Crippen molar-refractivity contribution < 1.29 is 22.8 Å². The van der Waals surface area contributed by atoms with Crippen molar-refractivity contribution in [3.8, 4) is 0 Å². The second kappa shape index (κ2) is 9.51. The van der Waals surface area contributed by atoms with Gasteiger partial charge in [-0.1, -0.05) is 18.2 Å². The van der Waals surface area contributed by atoms with Crippen LogP contribution in [0.3, 0.4) is 0 Å². The first-order chi connectivity index (χ1) is 17.7. The van der Waals surface area contributed by atoms with Crippen LogP contribution in [-0.2, 0) is 19.1 Å². The van der Waals surface area contributed by atoms with E-state index in [1.807, 2.05) is 12.1 Å². The largest absolute Gasteiger partial charge is 0.416 e. The van der Waals surface area contributed by atoms with Crippen LogP contribution in [0.25, 0.3) is 10.2 Å². The summed E-state index contributed by atoms with van der Waals surface area (Å²) in [6.07, 6.45) is -2.38. The van der Waals surface area contributed by atoms with Crippen LogP contribution >= 0.6 is 11.3 Å². The monoisotopic (exact) mass is 529 g/mol. The fourth-order valence-electron chi connectivity index (χ4n) is 4.27. The third-order valence-corrected chi connectivity index (χ3v) is 7.30. The molecular formula is C25H22F3N5O3S. The predicted octanol–water partition coefficient (Wildman–Crippen LogP) is 4.30. The lowest BCUT2D eigenvalue weighted by Gasteiger charge is -2.28. The summed E-state index contributed by atoms with van der Waals surface area (Å²) < 4.78 is 39.7. The molecule has 1 aliphatic heterocycles. The Balaban J connectivity index is 1.38. The van der Waals surface area contributed by atoms with E-state index >= 15 is 0 Å². The van der Waals surface area contributed by atoms with E-state index in [0.29, 0.717) is 34.7 Å². The number of carbonyl (C=O) groups is 1. The molecule has 0 fully saturated rings. The number of hydrogen-bond donors (Lipinski definition) is 1. The van der Waals surface area contributed by atoms with Gasteiger partial charge in [0.05, 0.1) is 34.3 Å². The number of hydrogen-bond acceptors (Lipinski definition) is 7. The molecule has 4 heterocycles. The molecule has 0 saturated carbocycles. The fourth-order valence-corrected chi connectivity index (χ4v) is 5.23. The molecule has 5 rings (SSSR count). The van der Waals surface area contributed by atoms with E-state index in [1.54, 1.807) is 24.1 Å². The van der Waals surface area contributed by atoms with Crippen molar-refractivity contribution in [3.63, 3.8) is 0 Å². The van der Waals surface area contributed by atoms with Crippen LogP contribution < -0.4 is 15.7 Å². The van der Waals surface area contributed by atoms with Gasteiger partial charge in [0.25, 0.3) is 11.5 Å². The highest BCUT2D eigenvalue weighted by atomic mass is 32.1. The van der Waals surface area contributed by atoms with Gasteiger partial charge in [-0.3, -0.25) is 9.59 Å². The number of fused-ring (bicyclic) bond motifs is 2. The van der Waals surface area contributed by atoms with E-state index in [9.17, 15) is 22.8 Å². The molecule has 1 amide bonds. The molecule has 0 aliphatic carbocycles. The molecule has 1 N–H and O–H groups in total. The third-order valence-electron chi connectivity index (χ3n) is 6.25. The second-order valence-electron chi connectivity index (χ2n) is 8.61. The second-order valence-corrected chi connectivity index (χ2v) is 9.64. The van der Waals surface area contributed by atoms with Crippen LogP contribution in [-0.4, -0.2) is 39.2 Å². The number of nitrogens with zero attached hydrogens (tertiary/aromatic N) is 4. The Bertz CT molecular complexity index is 1500. The van der Waals surface area contributed by atoms with Gasteiger partial charge < -0.3 is 15.1 Å². The van der Waals surface area contributed by atoms with Gasteiger partial charge in [-0.15, -0.1) is 16.1 Å². The normalized spacial score (nSPS) is 14.4. The Morgan fingerprint density at radius 2 is 1.97 bits per heavy atom. The quantitative estimate of drug-likeness (QED) is 0.415. The molecule has 4 aromatic rings. The fraction of sp³-hybridized carbons (Fsp3) is 0.280. The Hall–Kier alpha value is -3.93. The molecule has 3 aromatic heterocycles. The molecule has 0 spiro atoms. The number of benzene rings is 1. The summed E-state index contributed by atoms with van der Waals surface area (Å²) in [5.41, 5.74) is 0.286. The number of amides is 1. The van der Waals surface area contributed by atoms with E-state index in [2.05, 4.69) is 15.3 Å². The third kappa shape index (κ3) is 4.76. The molecule has 1 atom stereocenters. The number of alkyl halides is 3. The molecule has 192 valence electrons. The summed E-state index contributed by atoms with van der Waals surface area (Å²) in [4.78, 5) is 43.5. The van der Waals surface area contributed by atoms with Crippen LogP contribution in [0.5, 0.6) is 0 Å². The topological polar surface area (TPSA) is 89.4 Å². The smallest absolute Gasteiger partial charge is 0.411 e. The number of halogens is 3. The first kappa shape index (κ1) is 24.8. The van der Waals surface area contributed by atoms with Crippen LogP contribution in [0.2, 0.25) is 0 Å². The van der Waals surface area contributed by atoms with Gasteiger partial charge in [-0.05, 0) is 36.8 Å². The van der Waals surface area contributed by atoms with Crippen LogP contribution in [0.15, 0.2) is 53.5 Å². The number of pyridine rings is 1. The number of carbonyl (C=O) groups excluding carboxylic acids is 1. The average Bonchev–Trinajstić information content (AvgIpc) is 3.32. The number of anilines is 1. The van der Waals surface area contributed by atoms with Crippen molar-refractivity contribution in [1.82, 2.24) is 19.6 Å². The highest BCUT2D eigenvalue weighted by molar-refractivity contribution is 7.20. The first-order valence-corrected chi connectivity index (χ1v) is 12.2. The summed E-state index contributed by atoms with van der Waals surface area (Å²) in [5, 5.41) is 3.95. The molecule has 0 radical (unpaired) electrons. The lowest BCUT2D eigenvalue weighted by atomic mass is 10.1. The summed E-state index contributed by atoms with van der Waals surface area (Å²) in [6.45, 7) is 2.21. The van der Waals surface area contributed by atoms with E-state index in [-0.39, 0.29) is 18.4 Å². The SMILES string of the molecule is COn1c(N[C@@H](C)c2ccc(C(F)(F)F)cc2)nc2c(c1=O)CN(C(=O)c1cc3cccnc3s1)CC2. The molecule has 12 heteroatoms. The Morgan fingerprint density at radius 1 is 1.22 bits per heavy atom. The number of aromatic nitrogens is 3. The van der Waals surface area contributed by atoms with E-state index in [1.165, 1.54) is 30.6 Å². The molecule has 0 unspecified atom stereocenters. The minimum atomic E-state index is -4.42. The zero-order valence-corrected chi connectivity index (χ0v) is 20.7. The minimum absolute atomic E-state index is 0.0831. The lowest BCUT2D eigenvalue weighted by molar-refractivity contribution is -0.137. The average molecular weight is 530 g/mol. The highest BCUT2D eigenvalue weighted by Gasteiger charge is 2.31. The maximum Gasteiger partial charge on any atom is 0.416 e. The van der Waals surface area contributed by atoms with Crippen LogP contribution in [0.4, 0.5) is 19.1 Å². The summed E-state index contributed by atoms with van der Waals surface area (Å²) in [5.74, 6) is -0.0517. The van der Waals surface area contributed by atoms with Crippen molar-refractivity contribution in [2.24, 2.45) is 0 Å². The minimum Gasteiger partial charge on any atom is -0.411 e. The standard InChI is InChI=1S/C25H22F3N5O3S/c1-14(15-5-7-17(8-6-15)25(26,27)28)30-24-31-19-9-11-32(13-18(19)22(34)33(24)36-2)23(35)20-12-16-4-3-10-29-21(16)37-20/h3-8,10,12,14H,9,11,13H2,1-2H3,(H,30,31)/t14-/m0/s1. The lowest BCUT2D eigenvalue weighted by Crippen LogP contribution is -2.42. The zero-order valence-electron chi connectivity index (χ0n) is 19.9. The molecule has 0 saturated heterocycles. The van der Waals surface area contributed by atoms with Crippen molar-refractivity contribution in [3.05, 3.63) is 86.3 Å². The maximum atomic E-state index is 13.3. The van der Waals surface area contributed by atoms with Gasteiger partial charge in [-0.2, -0.15) is 13.2 Å². The van der Waals surface area contributed by atoms with Crippen molar-refractivity contribution in [2.45, 2.75) is 32.1 Å². The molecule has 37 heavy (non-hydrogen) atoms. The summed E-state index contributed by atoms with van der Waals surface area (Å²) in [7, 11) is 1.32. The van der Waals surface area contributed by atoms with E-state index < -0.39 is 23.3 Å². The van der Waals surface area contributed by atoms with Crippen molar-refractivity contribution >= 4 is 33.4 Å². The number of nitrogens with one attached hydrogen (secondary N) is 1. The van der Waals surface area contributed by atoms with Gasteiger partial charge in [-0.25, -0.2) is 9.97 Å². The number of rotatable bonds is 5. The maximum absolute atomic E-state index is 13.3. The van der Waals surface area contributed by atoms with Gasteiger partial charge in [0.15, 0.2) is 0 Å².